The van der Waals surface area contributed by atoms with E-state index >= 15 is 0 Å². The number of pyridine rings is 1. The van der Waals surface area contributed by atoms with Gasteiger partial charge < -0.3 is 0 Å². The lowest BCUT2D eigenvalue weighted by Gasteiger charge is -1.89. The number of halogens is 1. The highest BCUT2D eigenvalue weighted by Gasteiger charge is 1.88. The molecule has 0 fully saturated rings. The molecule has 0 unspecified atom stereocenters. The number of aliphatic imine (C=N–C) groups is 1. The summed E-state index contributed by atoms with van der Waals surface area (Å²) in [6.45, 7) is 3.91. The summed E-state index contributed by atoms with van der Waals surface area (Å²) in [5.74, 6) is 0. The van der Waals surface area contributed by atoms with E-state index in [1.54, 1.807) is 19.5 Å². The van der Waals surface area contributed by atoms with Crippen molar-refractivity contribution in [2.75, 3.05) is 7.05 Å². The Morgan fingerprint density at radius 3 is 3.08 bits per heavy atom. The van der Waals surface area contributed by atoms with Gasteiger partial charge in [0.15, 0.2) is 0 Å². The van der Waals surface area contributed by atoms with Gasteiger partial charge in [0.2, 0.25) is 0 Å². The van der Waals surface area contributed by atoms with E-state index in [0.717, 1.165) is 14.1 Å². The highest BCUT2D eigenvalue weighted by Crippen LogP contribution is 1.85. The van der Waals surface area contributed by atoms with Crippen LogP contribution in [0.3, 0.4) is 0 Å². The van der Waals surface area contributed by atoms with Crippen molar-refractivity contribution < 1.29 is 0 Å². The third kappa shape index (κ3) is 2.14. The minimum absolute atomic E-state index is 0.936. The first kappa shape index (κ1) is 9.38. The van der Waals surface area contributed by atoms with Gasteiger partial charge in [0.1, 0.15) is 3.70 Å². The second-order valence-electron chi connectivity index (χ2n) is 2.24. The molecule has 62 valence electrons. The summed E-state index contributed by atoms with van der Waals surface area (Å²) in [7, 11) is 1.74. The van der Waals surface area contributed by atoms with Gasteiger partial charge in [-0.05, 0) is 40.0 Å². The predicted molar refractivity (Wildman–Crippen MR) is 60.6 cm³/mol. The van der Waals surface area contributed by atoms with Crippen LogP contribution in [0.5, 0.6) is 0 Å². The second kappa shape index (κ2) is 4.35. The Balaban J connectivity index is 3.36. The average Bonchev–Trinajstić information content (AvgIpc) is 2.08. The molecular weight excluding hydrogens is 263 g/mol. The monoisotopic (exact) mass is 272 g/mol. The fourth-order valence-corrected chi connectivity index (χ4v) is 1.26. The van der Waals surface area contributed by atoms with Crippen molar-refractivity contribution in [3.63, 3.8) is 0 Å². The Morgan fingerprint density at radius 1 is 1.67 bits per heavy atom. The van der Waals surface area contributed by atoms with Crippen molar-refractivity contribution in [3.8, 4) is 0 Å². The number of hydrogen-bond acceptors (Lipinski definition) is 2. The summed E-state index contributed by atoms with van der Waals surface area (Å²) >= 11 is 2.16. The predicted octanol–water partition coefficient (Wildman–Crippen LogP) is 0.578. The van der Waals surface area contributed by atoms with Crippen LogP contribution in [0.25, 0.3) is 12.7 Å². The topological polar surface area (TPSA) is 25.2 Å². The van der Waals surface area contributed by atoms with Gasteiger partial charge in [-0.2, -0.15) is 0 Å². The molecule has 0 aliphatic carbocycles. The molecule has 3 heteroatoms. The molecule has 0 aliphatic heterocycles. The molecule has 0 bridgehead atoms. The molecule has 12 heavy (non-hydrogen) atoms. The van der Waals surface area contributed by atoms with Crippen LogP contribution < -0.4 is 10.4 Å². The molecule has 0 spiro atoms. The van der Waals surface area contributed by atoms with Crippen LogP contribution in [0.4, 0.5) is 0 Å². The Bertz CT molecular complexity index is 395. The summed E-state index contributed by atoms with van der Waals surface area (Å²) in [5, 5.41) is 2.03. The van der Waals surface area contributed by atoms with Gasteiger partial charge in [-0.25, -0.2) is 4.98 Å². The molecule has 0 atom stereocenters. The van der Waals surface area contributed by atoms with Crippen molar-refractivity contribution in [1.82, 2.24) is 4.98 Å². The molecule has 1 heterocycles. The van der Waals surface area contributed by atoms with Crippen molar-refractivity contribution in [1.29, 1.82) is 0 Å². The lowest BCUT2D eigenvalue weighted by atomic mass is 10.3. The fraction of sp³-hybridized carbons (Fsp3) is 0.111. The van der Waals surface area contributed by atoms with Crippen LogP contribution in [0.1, 0.15) is 0 Å². The summed E-state index contributed by atoms with van der Waals surface area (Å²) in [6, 6.07) is 1.92. The molecule has 1 aromatic heterocycles. The van der Waals surface area contributed by atoms with Crippen molar-refractivity contribution in [3.05, 3.63) is 26.4 Å². The Morgan fingerprint density at radius 2 is 2.42 bits per heavy atom. The summed E-state index contributed by atoms with van der Waals surface area (Å²) in [5.41, 5.74) is 0. The van der Waals surface area contributed by atoms with E-state index in [1.807, 2.05) is 12.1 Å². The zero-order valence-corrected chi connectivity index (χ0v) is 8.95. The molecule has 1 aromatic rings. The smallest absolute Gasteiger partial charge is 0.108 e. The molecule has 1 rings (SSSR count). The maximum atomic E-state index is 4.11. The van der Waals surface area contributed by atoms with Gasteiger partial charge in [0.25, 0.3) is 0 Å². The SMILES string of the molecule is C=c1c(I)ncc/c1=C/C=N\C. The minimum atomic E-state index is 0.936. The van der Waals surface area contributed by atoms with Crippen LogP contribution in [-0.2, 0) is 0 Å². The lowest BCUT2D eigenvalue weighted by Crippen LogP contribution is -2.26. The average molecular weight is 272 g/mol. The number of hydrogen-bond donors (Lipinski definition) is 0. The third-order valence-electron chi connectivity index (χ3n) is 1.44. The van der Waals surface area contributed by atoms with Crippen LogP contribution in [0.15, 0.2) is 17.3 Å². The summed E-state index contributed by atoms with van der Waals surface area (Å²) in [6.07, 6.45) is 5.44. The molecule has 0 saturated heterocycles. The van der Waals surface area contributed by atoms with Gasteiger partial charge in [-0.1, -0.05) is 6.58 Å². The first-order valence-electron chi connectivity index (χ1n) is 3.47. The van der Waals surface area contributed by atoms with E-state index in [0.29, 0.717) is 0 Å². The van der Waals surface area contributed by atoms with E-state index in [-0.39, 0.29) is 0 Å². The van der Waals surface area contributed by atoms with Gasteiger partial charge in [0, 0.05) is 24.7 Å². The Kier molecular flexibility index (Phi) is 3.40. The van der Waals surface area contributed by atoms with Crippen molar-refractivity contribution in [2.45, 2.75) is 0 Å². The first-order valence-corrected chi connectivity index (χ1v) is 4.55. The van der Waals surface area contributed by atoms with Crippen LogP contribution in [-0.4, -0.2) is 18.2 Å². The zero-order valence-electron chi connectivity index (χ0n) is 6.79. The number of rotatable bonds is 1. The molecule has 0 aliphatic rings. The van der Waals surface area contributed by atoms with E-state index in [4.69, 9.17) is 0 Å². The largest absolute Gasteiger partial charge is 0.296 e. The van der Waals surface area contributed by atoms with Crippen molar-refractivity contribution >= 4 is 41.5 Å². The Labute approximate surface area is 84.9 Å². The molecule has 0 N–H and O–H groups in total. The van der Waals surface area contributed by atoms with Crippen molar-refractivity contribution in [2.24, 2.45) is 4.99 Å². The van der Waals surface area contributed by atoms with E-state index in [1.165, 1.54) is 0 Å². The van der Waals surface area contributed by atoms with Gasteiger partial charge >= 0.3 is 0 Å². The fourth-order valence-electron chi connectivity index (χ4n) is 0.792. The summed E-state index contributed by atoms with van der Waals surface area (Å²) in [4.78, 5) is 7.98. The maximum Gasteiger partial charge on any atom is 0.108 e. The first-order chi connectivity index (χ1) is 5.75. The van der Waals surface area contributed by atoms with E-state index in [2.05, 4.69) is 39.1 Å². The normalized spacial score (nSPS) is 12.7. The van der Waals surface area contributed by atoms with Crippen LogP contribution >= 0.6 is 22.6 Å². The molecule has 0 amide bonds. The van der Waals surface area contributed by atoms with Crippen LogP contribution in [0, 0.1) is 3.70 Å². The lowest BCUT2D eigenvalue weighted by molar-refractivity contribution is 1.22. The number of nitrogens with zero attached hydrogens (tertiary/aromatic N) is 2. The molecule has 0 saturated carbocycles. The third-order valence-corrected chi connectivity index (χ3v) is 2.37. The van der Waals surface area contributed by atoms with Crippen LogP contribution in [0.2, 0.25) is 0 Å². The standard InChI is InChI=1S/C9H9IN2/c1-7-8(3-5-11-2)4-6-12-9(7)10/h3-6H,1H2,2H3/b8-3-,11-5-. The minimum Gasteiger partial charge on any atom is -0.296 e. The second-order valence-corrected chi connectivity index (χ2v) is 3.27. The molecule has 2 nitrogen and oxygen atoms in total. The quantitative estimate of drug-likeness (QED) is 0.417. The van der Waals surface area contributed by atoms with Gasteiger partial charge in [0.05, 0.1) is 0 Å². The van der Waals surface area contributed by atoms with Gasteiger partial charge in [-0.3, -0.25) is 4.99 Å². The zero-order chi connectivity index (χ0) is 8.97. The summed E-state index contributed by atoms with van der Waals surface area (Å²) < 4.78 is 0.936. The highest BCUT2D eigenvalue weighted by atomic mass is 127. The van der Waals surface area contributed by atoms with Gasteiger partial charge in [-0.15, -0.1) is 0 Å². The Hall–Kier alpha value is -0.710. The van der Waals surface area contributed by atoms with E-state index < -0.39 is 0 Å². The highest BCUT2D eigenvalue weighted by molar-refractivity contribution is 14.1. The maximum absolute atomic E-state index is 4.11. The number of aromatic nitrogens is 1. The molecule has 0 aromatic carbocycles. The molecular formula is C9H9IN2. The molecule has 0 radical (unpaired) electrons. The van der Waals surface area contributed by atoms with E-state index in [9.17, 15) is 0 Å².